The van der Waals surface area contributed by atoms with Gasteiger partial charge in [0.15, 0.2) is 5.78 Å². The molecule has 13 heavy (non-hydrogen) atoms. The monoisotopic (exact) mass is 194 g/mol. The van der Waals surface area contributed by atoms with E-state index in [0.717, 1.165) is 17.7 Å². The van der Waals surface area contributed by atoms with Gasteiger partial charge in [-0.2, -0.15) is 0 Å². The first-order valence-corrected chi connectivity index (χ1v) is 5.39. The SMILES string of the molecule is CC/C=C/C(=O)c1ccc(CC)s1. The van der Waals surface area contributed by atoms with Gasteiger partial charge in [-0.05, 0) is 31.1 Å². The van der Waals surface area contributed by atoms with Gasteiger partial charge in [0.05, 0.1) is 4.88 Å². The second kappa shape index (κ2) is 4.97. The second-order valence-corrected chi connectivity index (χ2v) is 3.96. The van der Waals surface area contributed by atoms with Gasteiger partial charge >= 0.3 is 0 Å². The number of allylic oxidation sites excluding steroid dienone is 2. The molecular formula is C11H14OS. The van der Waals surface area contributed by atoms with Crippen LogP contribution < -0.4 is 0 Å². The van der Waals surface area contributed by atoms with E-state index in [1.807, 2.05) is 25.1 Å². The lowest BCUT2D eigenvalue weighted by atomic mass is 10.2. The third kappa shape index (κ3) is 2.81. The van der Waals surface area contributed by atoms with Crippen molar-refractivity contribution in [2.45, 2.75) is 26.7 Å². The van der Waals surface area contributed by atoms with Gasteiger partial charge in [-0.25, -0.2) is 0 Å². The number of carbonyl (C=O) groups is 1. The zero-order valence-electron chi connectivity index (χ0n) is 8.04. The van der Waals surface area contributed by atoms with Crippen molar-refractivity contribution < 1.29 is 4.79 Å². The van der Waals surface area contributed by atoms with E-state index in [4.69, 9.17) is 0 Å². The summed E-state index contributed by atoms with van der Waals surface area (Å²) in [6, 6.07) is 3.93. The molecule has 1 aromatic heterocycles. The first kappa shape index (κ1) is 10.2. The number of ketones is 1. The number of aryl methyl sites for hydroxylation is 1. The average Bonchev–Trinajstić information content (AvgIpc) is 2.62. The summed E-state index contributed by atoms with van der Waals surface area (Å²) < 4.78 is 0. The largest absolute Gasteiger partial charge is 0.288 e. The highest BCUT2D eigenvalue weighted by molar-refractivity contribution is 7.14. The first-order valence-electron chi connectivity index (χ1n) is 4.57. The molecule has 2 heteroatoms. The van der Waals surface area contributed by atoms with Gasteiger partial charge in [0.2, 0.25) is 0 Å². The quantitative estimate of drug-likeness (QED) is 0.530. The topological polar surface area (TPSA) is 17.1 Å². The van der Waals surface area contributed by atoms with Crippen LogP contribution in [0.3, 0.4) is 0 Å². The molecule has 0 spiro atoms. The minimum absolute atomic E-state index is 0.131. The summed E-state index contributed by atoms with van der Waals surface area (Å²) in [4.78, 5) is 13.6. The standard InChI is InChI=1S/C11H14OS/c1-3-5-6-10(12)11-8-7-9(4-2)13-11/h5-8H,3-4H2,1-2H3/b6-5+. The van der Waals surface area contributed by atoms with E-state index in [1.165, 1.54) is 4.88 Å². The fraction of sp³-hybridized carbons (Fsp3) is 0.364. The van der Waals surface area contributed by atoms with Crippen molar-refractivity contribution in [1.82, 2.24) is 0 Å². The van der Waals surface area contributed by atoms with E-state index in [0.29, 0.717) is 0 Å². The Balaban J connectivity index is 2.71. The van der Waals surface area contributed by atoms with Crippen molar-refractivity contribution in [2.24, 2.45) is 0 Å². The summed E-state index contributed by atoms with van der Waals surface area (Å²) in [6.07, 6.45) is 5.48. The predicted octanol–water partition coefficient (Wildman–Crippen LogP) is 3.46. The summed E-state index contributed by atoms with van der Waals surface area (Å²) in [5, 5.41) is 0. The average molecular weight is 194 g/mol. The maximum absolute atomic E-state index is 11.5. The Bertz CT molecular complexity index is 310. The number of hydrogen-bond acceptors (Lipinski definition) is 2. The smallest absolute Gasteiger partial charge is 0.195 e. The Kier molecular flexibility index (Phi) is 3.90. The summed E-state index contributed by atoms with van der Waals surface area (Å²) in [5.41, 5.74) is 0. The molecule has 0 aliphatic heterocycles. The Hall–Kier alpha value is -0.890. The zero-order chi connectivity index (χ0) is 9.68. The van der Waals surface area contributed by atoms with Gasteiger partial charge in [0, 0.05) is 4.88 Å². The molecule has 1 rings (SSSR count). The first-order chi connectivity index (χ1) is 6.27. The van der Waals surface area contributed by atoms with E-state index in [-0.39, 0.29) is 5.78 Å². The Morgan fingerprint density at radius 1 is 1.46 bits per heavy atom. The third-order valence-corrected chi connectivity index (χ3v) is 3.00. The van der Waals surface area contributed by atoms with E-state index in [2.05, 4.69) is 6.92 Å². The summed E-state index contributed by atoms with van der Waals surface area (Å²) >= 11 is 1.59. The molecule has 0 aliphatic rings. The summed E-state index contributed by atoms with van der Waals surface area (Å²) in [7, 11) is 0. The maximum atomic E-state index is 11.5. The minimum Gasteiger partial charge on any atom is -0.288 e. The molecular weight excluding hydrogens is 180 g/mol. The number of rotatable bonds is 4. The van der Waals surface area contributed by atoms with Crippen LogP contribution in [0.15, 0.2) is 24.3 Å². The second-order valence-electron chi connectivity index (χ2n) is 2.79. The fourth-order valence-electron chi connectivity index (χ4n) is 1.01. The number of carbonyl (C=O) groups excluding carboxylic acids is 1. The van der Waals surface area contributed by atoms with Crippen molar-refractivity contribution in [3.05, 3.63) is 34.0 Å². The molecule has 0 radical (unpaired) electrons. The molecule has 0 N–H and O–H groups in total. The van der Waals surface area contributed by atoms with Crippen LogP contribution in [0.2, 0.25) is 0 Å². The molecule has 0 saturated heterocycles. The van der Waals surface area contributed by atoms with Gasteiger partial charge < -0.3 is 0 Å². The van der Waals surface area contributed by atoms with Gasteiger partial charge in [-0.15, -0.1) is 11.3 Å². The highest BCUT2D eigenvalue weighted by atomic mass is 32.1. The van der Waals surface area contributed by atoms with Crippen LogP contribution in [0.5, 0.6) is 0 Å². The van der Waals surface area contributed by atoms with Crippen LogP contribution in [0, 0.1) is 0 Å². The minimum atomic E-state index is 0.131. The van der Waals surface area contributed by atoms with Crippen LogP contribution in [-0.4, -0.2) is 5.78 Å². The third-order valence-electron chi connectivity index (χ3n) is 1.76. The van der Waals surface area contributed by atoms with Gasteiger partial charge in [-0.1, -0.05) is 19.9 Å². The predicted molar refractivity (Wildman–Crippen MR) is 57.5 cm³/mol. The maximum Gasteiger partial charge on any atom is 0.195 e. The summed E-state index contributed by atoms with van der Waals surface area (Å²) in [5.74, 6) is 0.131. The van der Waals surface area contributed by atoms with Crippen molar-refractivity contribution in [1.29, 1.82) is 0 Å². The van der Waals surface area contributed by atoms with E-state index >= 15 is 0 Å². The van der Waals surface area contributed by atoms with Crippen LogP contribution in [0.4, 0.5) is 0 Å². The van der Waals surface area contributed by atoms with Gasteiger partial charge in [0.25, 0.3) is 0 Å². The van der Waals surface area contributed by atoms with Crippen molar-refractivity contribution in [3.8, 4) is 0 Å². The Labute approximate surface area is 83.1 Å². The lowest BCUT2D eigenvalue weighted by molar-refractivity contribution is 0.105. The molecule has 0 unspecified atom stereocenters. The number of hydrogen-bond donors (Lipinski definition) is 0. The molecule has 70 valence electrons. The van der Waals surface area contributed by atoms with Crippen LogP contribution >= 0.6 is 11.3 Å². The molecule has 0 aliphatic carbocycles. The Morgan fingerprint density at radius 3 is 2.77 bits per heavy atom. The van der Waals surface area contributed by atoms with Gasteiger partial charge in [-0.3, -0.25) is 4.79 Å². The Morgan fingerprint density at radius 2 is 2.23 bits per heavy atom. The molecule has 1 nitrogen and oxygen atoms in total. The molecule has 0 bridgehead atoms. The van der Waals surface area contributed by atoms with Crippen LogP contribution in [-0.2, 0) is 6.42 Å². The molecule has 0 amide bonds. The molecule has 1 heterocycles. The summed E-state index contributed by atoms with van der Waals surface area (Å²) in [6.45, 7) is 4.12. The lowest BCUT2D eigenvalue weighted by Gasteiger charge is -1.87. The molecule has 0 saturated carbocycles. The normalized spacial score (nSPS) is 10.9. The highest BCUT2D eigenvalue weighted by Crippen LogP contribution is 2.17. The van der Waals surface area contributed by atoms with Crippen molar-refractivity contribution in [3.63, 3.8) is 0 Å². The van der Waals surface area contributed by atoms with Crippen LogP contribution in [0.25, 0.3) is 0 Å². The van der Waals surface area contributed by atoms with E-state index in [1.54, 1.807) is 17.4 Å². The van der Waals surface area contributed by atoms with Crippen molar-refractivity contribution in [2.75, 3.05) is 0 Å². The highest BCUT2D eigenvalue weighted by Gasteiger charge is 2.04. The van der Waals surface area contributed by atoms with E-state index in [9.17, 15) is 4.79 Å². The molecule has 0 aromatic carbocycles. The molecule has 1 aromatic rings. The molecule has 0 fully saturated rings. The number of thiophene rings is 1. The van der Waals surface area contributed by atoms with Crippen molar-refractivity contribution >= 4 is 17.1 Å². The van der Waals surface area contributed by atoms with E-state index < -0.39 is 0 Å². The van der Waals surface area contributed by atoms with Crippen LogP contribution in [0.1, 0.15) is 34.8 Å². The fourth-order valence-corrected chi connectivity index (χ4v) is 1.87. The van der Waals surface area contributed by atoms with Gasteiger partial charge in [0.1, 0.15) is 0 Å². The lowest BCUT2D eigenvalue weighted by Crippen LogP contribution is -1.88. The zero-order valence-corrected chi connectivity index (χ0v) is 8.86. The molecule has 0 atom stereocenters.